The predicted octanol–water partition coefficient (Wildman–Crippen LogP) is 2.35. The SMILES string of the molecule is Cc1cccc(NC(=O)Cc2noc(CC3CCNCC3(F)F)n2)c1. The van der Waals surface area contributed by atoms with Crippen LogP contribution < -0.4 is 10.6 Å². The second-order valence-electron chi connectivity index (χ2n) is 6.33. The summed E-state index contributed by atoms with van der Waals surface area (Å²) in [5.74, 6) is -3.58. The maximum atomic E-state index is 13.8. The molecule has 0 bridgehead atoms. The molecule has 2 aromatic rings. The van der Waals surface area contributed by atoms with E-state index in [1.54, 1.807) is 6.07 Å². The summed E-state index contributed by atoms with van der Waals surface area (Å²) in [5.41, 5.74) is 1.71. The Bertz CT molecular complexity index is 748. The zero-order valence-electron chi connectivity index (χ0n) is 13.9. The zero-order chi connectivity index (χ0) is 17.9. The van der Waals surface area contributed by atoms with E-state index in [1.165, 1.54) is 0 Å². The molecule has 1 aliphatic rings. The Morgan fingerprint density at radius 3 is 3.08 bits per heavy atom. The van der Waals surface area contributed by atoms with E-state index in [-0.39, 0.29) is 37.0 Å². The van der Waals surface area contributed by atoms with Crippen LogP contribution in [0.1, 0.15) is 23.7 Å². The van der Waals surface area contributed by atoms with Crippen molar-refractivity contribution in [2.24, 2.45) is 5.92 Å². The molecule has 1 aliphatic heterocycles. The fourth-order valence-electron chi connectivity index (χ4n) is 2.87. The van der Waals surface area contributed by atoms with Crippen molar-refractivity contribution in [3.8, 4) is 0 Å². The van der Waals surface area contributed by atoms with Crippen LogP contribution in [-0.2, 0) is 17.6 Å². The molecule has 0 spiro atoms. The quantitative estimate of drug-likeness (QED) is 0.865. The summed E-state index contributed by atoms with van der Waals surface area (Å²) in [7, 11) is 0. The van der Waals surface area contributed by atoms with Gasteiger partial charge in [0.25, 0.3) is 5.92 Å². The van der Waals surface area contributed by atoms with Crippen molar-refractivity contribution in [3.05, 3.63) is 41.5 Å². The molecule has 2 N–H and O–H groups in total. The van der Waals surface area contributed by atoms with Gasteiger partial charge in [-0.3, -0.25) is 4.79 Å². The number of alkyl halides is 2. The van der Waals surface area contributed by atoms with E-state index in [0.717, 1.165) is 5.56 Å². The second kappa shape index (κ2) is 7.26. The summed E-state index contributed by atoms with van der Waals surface area (Å²) < 4.78 is 32.7. The number of nitrogens with one attached hydrogen (secondary N) is 2. The number of aromatic nitrogens is 2. The van der Waals surface area contributed by atoms with Crippen LogP contribution in [-0.4, -0.2) is 35.1 Å². The van der Waals surface area contributed by atoms with Gasteiger partial charge in [0, 0.05) is 18.0 Å². The molecule has 8 heteroatoms. The molecule has 0 saturated carbocycles. The molecule has 1 aromatic heterocycles. The minimum Gasteiger partial charge on any atom is -0.339 e. The Labute approximate surface area is 144 Å². The number of hydrogen-bond donors (Lipinski definition) is 2. The van der Waals surface area contributed by atoms with Gasteiger partial charge in [-0.2, -0.15) is 4.98 Å². The standard InChI is InChI=1S/C17H20F2N4O2/c1-11-3-2-4-13(7-11)21-15(24)9-14-22-16(25-23-14)8-12-5-6-20-10-17(12,18)19/h2-4,7,12,20H,5-6,8-10H2,1H3,(H,21,24). The Morgan fingerprint density at radius 1 is 1.48 bits per heavy atom. The first-order valence-corrected chi connectivity index (χ1v) is 8.19. The largest absolute Gasteiger partial charge is 0.339 e. The minimum atomic E-state index is -2.80. The lowest BCUT2D eigenvalue weighted by atomic mass is 9.91. The molecule has 0 aliphatic carbocycles. The molecular weight excluding hydrogens is 330 g/mol. The number of halogens is 2. The summed E-state index contributed by atoms with van der Waals surface area (Å²) in [6, 6.07) is 7.40. The molecule has 1 fully saturated rings. The van der Waals surface area contributed by atoms with Crippen molar-refractivity contribution in [2.75, 3.05) is 18.4 Å². The lowest BCUT2D eigenvalue weighted by molar-refractivity contribution is -0.115. The lowest BCUT2D eigenvalue weighted by Gasteiger charge is -2.30. The number of nitrogens with zero attached hydrogens (tertiary/aromatic N) is 2. The molecule has 6 nitrogen and oxygen atoms in total. The third-order valence-electron chi connectivity index (χ3n) is 4.18. The number of carbonyl (C=O) groups is 1. The van der Waals surface area contributed by atoms with Gasteiger partial charge in [0.15, 0.2) is 5.82 Å². The lowest BCUT2D eigenvalue weighted by Crippen LogP contribution is -2.46. The van der Waals surface area contributed by atoms with Gasteiger partial charge in [-0.05, 0) is 37.6 Å². The highest BCUT2D eigenvalue weighted by molar-refractivity contribution is 5.91. The Kier molecular flexibility index (Phi) is 5.08. The van der Waals surface area contributed by atoms with Gasteiger partial charge in [-0.1, -0.05) is 17.3 Å². The summed E-state index contributed by atoms with van der Waals surface area (Å²) >= 11 is 0. The maximum absolute atomic E-state index is 13.8. The topological polar surface area (TPSA) is 80.0 Å². The van der Waals surface area contributed by atoms with Gasteiger partial charge < -0.3 is 15.2 Å². The third kappa shape index (κ3) is 4.60. The van der Waals surface area contributed by atoms with Gasteiger partial charge in [-0.25, -0.2) is 8.78 Å². The number of amides is 1. The second-order valence-corrected chi connectivity index (χ2v) is 6.33. The van der Waals surface area contributed by atoms with E-state index in [9.17, 15) is 13.6 Å². The first kappa shape index (κ1) is 17.5. The van der Waals surface area contributed by atoms with Crippen LogP contribution in [0.25, 0.3) is 0 Å². The van der Waals surface area contributed by atoms with E-state index >= 15 is 0 Å². The first-order valence-electron chi connectivity index (χ1n) is 8.19. The van der Waals surface area contributed by atoms with Crippen LogP contribution in [0.3, 0.4) is 0 Å². The Morgan fingerprint density at radius 2 is 2.32 bits per heavy atom. The number of anilines is 1. The third-order valence-corrected chi connectivity index (χ3v) is 4.18. The van der Waals surface area contributed by atoms with Crippen LogP contribution >= 0.6 is 0 Å². The summed E-state index contributed by atoms with van der Waals surface area (Å²) in [5, 5.41) is 9.15. The van der Waals surface area contributed by atoms with Crippen molar-refractivity contribution in [3.63, 3.8) is 0 Å². The van der Waals surface area contributed by atoms with E-state index in [2.05, 4.69) is 20.8 Å². The van der Waals surface area contributed by atoms with E-state index in [4.69, 9.17) is 4.52 Å². The molecular formula is C17H20F2N4O2. The van der Waals surface area contributed by atoms with Crippen molar-refractivity contribution in [2.45, 2.75) is 32.1 Å². The van der Waals surface area contributed by atoms with Crippen LogP contribution in [0.4, 0.5) is 14.5 Å². The predicted molar refractivity (Wildman–Crippen MR) is 87.4 cm³/mol. The highest BCUT2D eigenvalue weighted by atomic mass is 19.3. The average molecular weight is 350 g/mol. The van der Waals surface area contributed by atoms with Gasteiger partial charge in [0.05, 0.1) is 13.0 Å². The van der Waals surface area contributed by atoms with Crippen molar-refractivity contribution in [1.29, 1.82) is 0 Å². The molecule has 1 atom stereocenters. The molecule has 1 aromatic carbocycles. The highest BCUT2D eigenvalue weighted by Crippen LogP contribution is 2.31. The number of rotatable bonds is 5. The van der Waals surface area contributed by atoms with Crippen molar-refractivity contribution < 1.29 is 18.1 Å². The molecule has 2 heterocycles. The molecule has 25 heavy (non-hydrogen) atoms. The molecule has 1 unspecified atom stereocenters. The normalized spacial score (nSPS) is 19.6. The number of aryl methyl sites for hydroxylation is 1. The van der Waals surface area contributed by atoms with Gasteiger partial charge in [0.2, 0.25) is 11.8 Å². The molecule has 1 saturated heterocycles. The Hall–Kier alpha value is -2.35. The fraction of sp³-hybridized carbons (Fsp3) is 0.471. The molecule has 3 rings (SSSR count). The fourth-order valence-corrected chi connectivity index (χ4v) is 2.87. The van der Waals surface area contributed by atoms with Gasteiger partial charge in [-0.15, -0.1) is 0 Å². The summed E-state index contributed by atoms with van der Waals surface area (Å²) in [6.07, 6.45) is 0.291. The van der Waals surface area contributed by atoms with Gasteiger partial charge in [0.1, 0.15) is 0 Å². The Balaban J connectivity index is 1.57. The van der Waals surface area contributed by atoms with E-state index in [1.807, 2.05) is 25.1 Å². The van der Waals surface area contributed by atoms with Crippen LogP contribution in [0.2, 0.25) is 0 Å². The smallest absolute Gasteiger partial charge is 0.263 e. The number of benzene rings is 1. The summed E-state index contributed by atoms with van der Waals surface area (Å²) in [4.78, 5) is 16.1. The molecule has 0 radical (unpaired) electrons. The maximum Gasteiger partial charge on any atom is 0.263 e. The number of carbonyl (C=O) groups excluding carboxylic acids is 1. The first-order chi connectivity index (χ1) is 11.9. The molecule has 134 valence electrons. The van der Waals surface area contributed by atoms with Crippen molar-refractivity contribution in [1.82, 2.24) is 15.5 Å². The van der Waals surface area contributed by atoms with Crippen LogP contribution in [0.15, 0.2) is 28.8 Å². The zero-order valence-corrected chi connectivity index (χ0v) is 13.9. The number of hydrogen-bond acceptors (Lipinski definition) is 5. The highest BCUT2D eigenvalue weighted by Gasteiger charge is 2.42. The minimum absolute atomic E-state index is 0.0151. The van der Waals surface area contributed by atoms with Crippen molar-refractivity contribution >= 4 is 11.6 Å². The average Bonchev–Trinajstić information content (AvgIpc) is 2.96. The van der Waals surface area contributed by atoms with E-state index < -0.39 is 11.8 Å². The van der Waals surface area contributed by atoms with Crippen LogP contribution in [0, 0.1) is 12.8 Å². The van der Waals surface area contributed by atoms with Gasteiger partial charge >= 0.3 is 0 Å². The number of piperidine rings is 1. The van der Waals surface area contributed by atoms with E-state index in [0.29, 0.717) is 18.7 Å². The monoisotopic (exact) mass is 350 g/mol. The summed E-state index contributed by atoms with van der Waals surface area (Å²) in [6.45, 7) is 2.13. The van der Waals surface area contributed by atoms with Crippen LogP contribution in [0.5, 0.6) is 0 Å². The molecule has 1 amide bonds.